The van der Waals surface area contributed by atoms with Gasteiger partial charge in [-0.15, -0.1) is 12.4 Å². The van der Waals surface area contributed by atoms with E-state index in [9.17, 15) is 9.59 Å². The van der Waals surface area contributed by atoms with Crippen molar-refractivity contribution in [1.29, 1.82) is 0 Å². The highest BCUT2D eigenvalue weighted by Gasteiger charge is 2.26. The van der Waals surface area contributed by atoms with Gasteiger partial charge in [0.25, 0.3) is 11.1 Å². The number of para-hydroxylation sites is 1. The zero-order valence-electron chi connectivity index (χ0n) is 12.3. The predicted octanol–water partition coefficient (Wildman–Crippen LogP) is 3.01. The molecule has 5 nitrogen and oxygen atoms in total. The topological polar surface area (TPSA) is 75.4 Å². The van der Waals surface area contributed by atoms with E-state index in [0.717, 1.165) is 48.9 Å². The van der Waals surface area contributed by atoms with Crippen LogP contribution in [-0.4, -0.2) is 30.3 Å². The van der Waals surface area contributed by atoms with Gasteiger partial charge in [0.2, 0.25) is 0 Å². The number of carbonyl (C=O) groups excluding carboxylic acids is 2. The van der Waals surface area contributed by atoms with Crippen LogP contribution in [0.2, 0.25) is 5.02 Å². The highest BCUT2D eigenvalue weighted by Crippen LogP contribution is 2.35. The lowest BCUT2D eigenvalue weighted by Crippen LogP contribution is -2.43. The molecule has 23 heavy (non-hydrogen) atoms. The Morgan fingerprint density at radius 1 is 1.39 bits per heavy atom. The van der Waals surface area contributed by atoms with Gasteiger partial charge >= 0.3 is 0 Å². The lowest BCUT2D eigenvalue weighted by atomic mass is 10.0. The molecule has 2 aliphatic rings. The Hall–Kier alpha value is -1.21. The molecule has 1 aromatic carbocycles. The molecule has 2 fully saturated rings. The van der Waals surface area contributed by atoms with Crippen molar-refractivity contribution < 1.29 is 9.59 Å². The first-order valence-electron chi connectivity index (χ1n) is 7.08. The highest BCUT2D eigenvalue weighted by atomic mass is 35.5. The molecular weight excluding hydrogens is 357 g/mol. The van der Waals surface area contributed by atoms with E-state index in [1.807, 2.05) is 18.2 Å². The SMILES string of the molecule is Cl.NC1CCCN(c2c(Cl)cccc2/C=C2/SC(=O)NC2=O)C1. The van der Waals surface area contributed by atoms with Crippen LogP contribution in [0.25, 0.3) is 6.08 Å². The zero-order valence-corrected chi connectivity index (χ0v) is 14.6. The van der Waals surface area contributed by atoms with E-state index in [0.29, 0.717) is 9.93 Å². The molecule has 3 N–H and O–H groups in total. The van der Waals surface area contributed by atoms with E-state index >= 15 is 0 Å². The number of nitrogens with two attached hydrogens (primary N) is 1. The Morgan fingerprint density at radius 2 is 2.17 bits per heavy atom. The summed E-state index contributed by atoms with van der Waals surface area (Å²) < 4.78 is 0. The van der Waals surface area contributed by atoms with Crippen LogP contribution in [-0.2, 0) is 4.79 Å². The summed E-state index contributed by atoms with van der Waals surface area (Å²) >= 11 is 7.28. The number of carbonyl (C=O) groups is 2. The fourth-order valence-electron chi connectivity index (χ4n) is 2.76. The molecule has 0 aromatic heterocycles. The molecule has 0 bridgehead atoms. The number of halogens is 2. The molecule has 1 aromatic rings. The largest absolute Gasteiger partial charge is 0.368 e. The summed E-state index contributed by atoms with van der Waals surface area (Å²) in [5.74, 6) is -0.365. The number of hydrogen-bond acceptors (Lipinski definition) is 5. The minimum atomic E-state index is -0.365. The van der Waals surface area contributed by atoms with Crippen molar-refractivity contribution >= 4 is 58.7 Å². The fraction of sp³-hybridized carbons (Fsp3) is 0.333. The van der Waals surface area contributed by atoms with Crippen LogP contribution in [0.4, 0.5) is 10.5 Å². The van der Waals surface area contributed by atoms with E-state index in [1.54, 1.807) is 6.08 Å². The van der Waals surface area contributed by atoms with E-state index in [2.05, 4.69) is 10.2 Å². The zero-order chi connectivity index (χ0) is 15.7. The molecule has 2 saturated heterocycles. The van der Waals surface area contributed by atoms with E-state index in [1.165, 1.54) is 0 Å². The Labute approximate surface area is 150 Å². The molecule has 3 rings (SSSR count). The Balaban J connectivity index is 0.00000192. The molecule has 8 heteroatoms. The number of imide groups is 1. The first-order valence-corrected chi connectivity index (χ1v) is 8.28. The van der Waals surface area contributed by atoms with Crippen molar-refractivity contribution in [1.82, 2.24) is 5.32 Å². The van der Waals surface area contributed by atoms with Crippen LogP contribution in [0.3, 0.4) is 0 Å². The van der Waals surface area contributed by atoms with Gasteiger partial charge in [0.05, 0.1) is 15.6 Å². The Morgan fingerprint density at radius 3 is 2.83 bits per heavy atom. The molecule has 0 radical (unpaired) electrons. The van der Waals surface area contributed by atoms with Crippen LogP contribution in [0, 0.1) is 0 Å². The van der Waals surface area contributed by atoms with Crippen molar-refractivity contribution in [2.75, 3.05) is 18.0 Å². The molecule has 0 saturated carbocycles. The van der Waals surface area contributed by atoms with Gasteiger partial charge < -0.3 is 10.6 Å². The second-order valence-corrected chi connectivity index (χ2v) is 6.80. The molecule has 0 aliphatic carbocycles. The van der Waals surface area contributed by atoms with Gasteiger partial charge in [0, 0.05) is 24.7 Å². The quantitative estimate of drug-likeness (QED) is 0.779. The van der Waals surface area contributed by atoms with E-state index < -0.39 is 0 Å². The molecule has 2 amide bonds. The molecule has 1 atom stereocenters. The van der Waals surface area contributed by atoms with Gasteiger partial charge in [0.1, 0.15) is 0 Å². The average molecular weight is 374 g/mol. The van der Waals surface area contributed by atoms with Gasteiger partial charge in [-0.3, -0.25) is 14.9 Å². The predicted molar refractivity (Wildman–Crippen MR) is 97.2 cm³/mol. The smallest absolute Gasteiger partial charge is 0.290 e. The Bertz CT molecular complexity index is 666. The van der Waals surface area contributed by atoms with Crippen LogP contribution in [0.1, 0.15) is 18.4 Å². The molecule has 2 aliphatic heterocycles. The number of anilines is 1. The minimum Gasteiger partial charge on any atom is -0.368 e. The van der Waals surface area contributed by atoms with Crippen molar-refractivity contribution in [3.05, 3.63) is 33.7 Å². The number of nitrogens with one attached hydrogen (secondary N) is 1. The fourth-order valence-corrected chi connectivity index (χ4v) is 3.73. The summed E-state index contributed by atoms with van der Waals surface area (Å²) in [5, 5.41) is 2.53. The van der Waals surface area contributed by atoms with Gasteiger partial charge in [-0.25, -0.2) is 0 Å². The number of thioether (sulfide) groups is 1. The number of hydrogen-bond donors (Lipinski definition) is 2. The van der Waals surface area contributed by atoms with Crippen molar-refractivity contribution in [2.45, 2.75) is 18.9 Å². The third kappa shape index (κ3) is 4.01. The van der Waals surface area contributed by atoms with Crippen LogP contribution in [0.15, 0.2) is 23.1 Å². The maximum atomic E-state index is 11.7. The molecular formula is C15H17Cl2N3O2S. The molecule has 124 valence electrons. The average Bonchev–Trinajstić information content (AvgIpc) is 2.77. The molecule has 0 spiro atoms. The summed E-state index contributed by atoms with van der Waals surface area (Å²) in [7, 11) is 0. The van der Waals surface area contributed by atoms with Gasteiger partial charge in [-0.05, 0) is 36.7 Å². The third-order valence-corrected chi connectivity index (χ3v) is 4.84. The van der Waals surface area contributed by atoms with Crippen LogP contribution in [0.5, 0.6) is 0 Å². The van der Waals surface area contributed by atoms with E-state index in [4.69, 9.17) is 17.3 Å². The van der Waals surface area contributed by atoms with E-state index in [-0.39, 0.29) is 29.6 Å². The lowest BCUT2D eigenvalue weighted by molar-refractivity contribution is -0.115. The second-order valence-electron chi connectivity index (χ2n) is 5.38. The monoisotopic (exact) mass is 373 g/mol. The summed E-state index contributed by atoms with van der Waals surface area (Å²) in [6.45, 7) is 1.62. The maximum absolute atomic E-state index is 11.7. The van der Waals surface area contributed by atoms with Gasteiger partial charge in [-0.2, -0.15) is 0 Å². The maximum Gasteiger partial charge on any atom is 0.290 e. The number of nitrogens with zero attached hydrogens (tertiary/aromatic N) is 1. The molecule has 1 unspecified atom stereocenters. The highest BCUT2D eigenvalue weighted by molar-refractivity contribution is 8.18. The number of piperidine rings is 1. The number of rotatable bonds is 2. The summed E-state index contributed by atoms with van der Waals surface area (Å²) in [5.41, 5.74) is 7.76. The normalized spacial score (nSPS) is 23.0. The van der Waals surface area contributed by atoms with Gasteiger partial charge in [0.15, 0.2) is 0 Å². The summed E-state index contributed by atoms with van der Waals surface area (Å²) in [6.07, 6.45) is 3.73. The standard InChI is InChI=1S/C15H16ClN3O2S.ClH/c16-11-5-1-3-9(7-12-14(20)18-15(21)22-12)13(11)19-6-2-4-10(17)8-19;/h1,3,5,7,10H,2,4,6,8,17H2,(H,18,20,21);1H/b12-7+;. The van der Waals surface area contributed by atoms with Crippen LogP contribution < -0.4 is 16.0 Å². The minimum absolute atomic E-state index is 0. The first-order chi connectivity index (χ1) is 10.5. The van der Waals surface area contributed by atoms with Crippen molar-refractivity contribution in [2.24, 2.45) is 5.73 Å². The molecule has 2 heterocycles. The lowest BCUT2D eigenvalue weighted by Gasteiger charge is -2.34. The number of amides is 2. The van der Waals surface area contributed by atoms with Crippen molar-refractivity contribution in [3.8, 4) is 0 Å². The number of benzene rings is 1. The third-order valence-electron chi connectivity index (χ3n) is 3.72. The first kappa shape index (κ1) is 18.1. The summed E-state index contributed by atoms with van der Waals surface area (Å²) in [4.78, 5) is 25.6. The van der Waals surface area contributed by atoms with Crippen LogP contribution >= 0.6 is 35.8 Å². The van der Waals surface area contributed by atoms with Gasteiger partial charge in [-0.1, -0.05) is 23.7 Å². The second kappa shape index (κ2) is 7.57. The Kier molecular flexibility index (Phi) is 5.97. The van der Waals surface area contributed by atoms with Crippen molar-refractivity contribution in [3.63, 3.8) is 0 Å². The summed E-state index contributed by atoms with van der Waals surface area (Å²) in [6, 6.07) is 5.68.